The summed E-state index contributed by atoms with van der Waals surface area (Å²) in [7, 11) is 0. The maximum absolute atomic E-state index is 13.6. The number of rotatable bonds is 5. The van der Waals surface area contributed by atoms with Crippen molar-refractivity contribution in [2.45, 2.75) is 57.7 Å². The number of nitrogens with one attached hydrogen (secondary N) is 3. The monoisotopic (exact) mass is 458 g/mol. The molecule has 3 aromatic rings. The van der Waals surface area contributed by atoms with E-state index in [-0.39, 0.29) is 29.9 Å². The summed E-state index contributed by atoms with van der Waals surface area (Å²) in [6.07, 6.45) is 5.30. The van der Waals surface area contributed by atoms with Crippen molar-refractivity contribution in [1.29, 1.82) is 0 Å². The molecule has 5 rings (SSSR count). The van der Waals surface area contributed by atoms with Crippen LogP contribution in [-0.2, 0) is 11.2 Å². The van der Waals surface area contributed by atoms with Gasteiger partial charge in [0.15, 0.2) is 0 Å². The fraction of sp³-hybridized carbons (Fsp3) is 0.429. The minimum absolute atomic E-state index is 0.0402. The quantitative estimate of drug-likeness (QED) is 0.537. The highest BCUT2D eigenvalue weighted by Crippen LogP contribution is 2.34. The molecule has 1 aromatic heterocycles. The minimum atomic E-state index is -0.245. The molecule has 3 N–H and O–H groups in total. The number of hydrogen-bond donors (Lipinski definition) is 3. The van der Waals surface area contributed by atoms with E-state index in [1.54, 1.807) is 0 Å². The maximum atomic E-state index is 13.6. The molecular formula is C28H34N4O2. The molecule has 3 heterocycles. The van der Waals surface area contributed by atoms with Gasteiger partial charge in [0.1, 0.15) is 0 Å². The number of likely N-dealkylation sites (tertiary alicyclic amines) is 1. The highest BCUT2D eigenvalue weighted by molar-refractivity contribution is 5.94. The minimum Gasteiger partial charge on any atom is -0.361 e. The van der Waals surface area contributed by atoms with Gasteiger partial charge in [-0.15, -0.1) is 0 Å². The van der Waals surface area contributed by atoms with Crippen LogP contribution in [-0.4, -0.2) is 46.9 Å². The number of carbonyl (C=O) groups excluding carboxylic acids is 2. The van der Waals surface area contributed by atoms with E-state index in [9.17, 15) is 9.59 Å². The molecule has 2 atom stereocenters. The van der Waals surface area contributed by atoms with Crippen molar-refractivity contribution in [2.24, 2.45) is 5.92 Å². The number of carbonyl (C=O) groups is 2. The van der Waals surface area contributed by atoms with Crippen LogP contribution in [0.1, 0.15) is 60.6 Å². The van der Waals surface area contributed by atoms with E-state index in [1.165, 1.54) is 16.5 Å². The molecule has 6 nitrogen and oxygen atoms in total. The molecular weight excluding hydrogens is 424 g/mol. The molecule has 0 saturated carbocycles. The van der Waals surface area contributed by atoms with E-state index in [0.717, 1.165) is 24.8 Å². The summed E-state index contributed by atoms with van der Waals surface area (Å²) in [5, 5.41) is 8.14. The Morgan fingerprint density at radius 2 is 1.82 bits per heavy atom. The van der Waals surface area contributed by atoms with E-state index in [0.29, 0.717) is 31.0 Å². The second-order valence-corrected chi connectivity index (χ2v) is 10.1. The first kappa shape index (κ1) is 22.7. The highest BCUT2D eigenvalue weighted by atomic mass is 16.2. The van der Waals surface area contributed by atoms with Crippen molar-refractivity contribution in [2.75, 3.05) is 13.1 Å². The molecule has 0 bridgehead atoms. The lowest BCUT2D eigenvalue weighted by molar-refractivity contribution is -0.134. The summed E-state index contributed by atoms with van der Waals surface area (Å²) in [5.74, 6) is 0.651. The standard InChI is InChI=1S/C28H34N4O2/c1-18(2)15-24-22-9-6-10-23-26(22)20(17-29-23)16-25(31-24)28(34)32-13-11-21(12-14-32)30-27(33)19-7-4-3-5-8-19/h3-10,17-18,21,24-25,29,31H,11-16H2,1-2H3,(H,30,33)/t24-,25-/m0/s1. The van der Waals surface area contributed by atoms with Crippen LogP contribution < -0.4 is 10.6 Å². The third kappa shape index (κ3) is 4.60. The van der Waals surface area contributed by atoms with Gasteiger partial charge in [-0.2, -0.15) is 0 Å². The molecule has 0 radical (unpaired) electrons. The van der Waals surface area contributed by atoms with Gasteiger partial charge in [-0.25, -0.2) is 0 Å². The average Bonchev–Trinajstić information content (AvgIpc) is 3.19. The van der Waals surface area contributed by atoms with Crippen LogP contribution in [0.15, 0.2) is 54.7 Å². The Labute approximate surface area is 201 Å². The molecule has 178 valence electrons. The molecule has 2 amide bonds. The van der Waals surface area contributed by atoms with Crippen molar-refractivity contribution in [1.82, 2.24) is 20.5 Å². The second-order valence-electron chi connectivity index (χ2n) is 10.1. The van der Waals surface area contributed by atoms with Crippen molar-refractivity contribution in [3.63, 3.8) is 0 Å². The first-order valence-corrected chi connectivity index (χ1v) is 12.5. The molecule has 2 aromatic carbocycles. The average molecular weight is 459 g/mol. The summed E-state index contributed by atoms with van der Waals surface area (Å²) < 4.78 is 0. The third-order valence-electron chi connectivity index (χ3n) is 7.20. The topological polar surface area (TPSA) is 77.2 Å². The summed E-state index contributed by atoms with van der Waals surface area (Å²) in [4.78, 5) is 31.5. The van der Waals surface area contributed by atoms with Crippen molar-refractivity contribution >= 4 is 22.7 Å². The van der Waals surface area contributed by atoms with Gasteiger partial charge < -0.3 is 15.2 Å². The number of hydrogen-bond acceptors (Lipinski definition) is 3. The number of aromatic nitrogens is 1. The molecule has 34 heavy (non-hydrogen) atoms. The van der Waals surface area contributed by atoms with E-state index >= 15 is 0 Å². The van der Waals surface area contributed by atoms with Gasteiger partial charge >= 0.3 is 0 Å². The van der Waals surface area contributed by atoms with Crippen LogP contribution in [0.3, 0.4) is 0 Å². The van der Waals surface area contributed by atoms with Gasteiger partial charge in [-0.05, 0) is 60.9 Å². The number of H-pyrrole nitrogens is 1. The van der Waals surface area contributed by atoms with E-state index in [2.05, 4.69) is 53.9 Å². The smallest absolute Gasteiger partial charge is 0.251 e. The number of aromatic amines is 1. The van der Waals surface area contributed by atoms with E-state index < -0.39 is 0 Å². The van der Waals surface area contributed by atoms with Gasteiger partial charge in [0.05, 0.1) is 6.04 Å². The van der Waals surface area contributed by atoms with Crippen LogP contribution in [0.5, 0.6) is 0 Å². The number of piperidine rings is 1. The lowest BCUT2D eigenvalue weighted by Crippen LogP contribution is -2.53. The zero-order valence-corrected chi connectivity index (χ0v) is 20.0. The first-order chi connectivity index (χ1) is 16.5. The highest BCUT2D eigenvalue weighted by Gasteiger charge is 2.34. The second kappa shape index (κ2) is 9.63. The Balaban J connectivity index is 1.26. The molecule has 2 aliphatic rings. The van der Waals surface area contributed by atoms with E-state index in [1.807, 2.05) is 35.2 Å². The van der Waals surface area contributed by atoms with Gasteiger partial charge in [-0.1, -0.05) is 44.2 Å². The van der Waals surface area contributed by atoms with Gasteiger partial charge in [0.25, 0.3) is 5.91 Å². The Hall–Kier alpha value is -3.12. The third-order valence-corrected chi connectivity index (χ3v) is 7.20. The van der Waals surface area contributed by atoms with Crippen molar-refractivity contribution in [3.05, 3.63) is 71.4 Å². The summed E-state index contributed by atoms with van der Waals surface area (Å²) in [6.45, 7) is 5.80. The lowest BCUT2D eigenvalue weighted by Gasteiger charge is -2.35. The SMILES string of the molecule is CC(C)C[C@@H]1N[C@H](C(=O)N2CCC(NC(=O)c3ccccc3)CC2)Cc2c[nH]c3cccc1c23. The number of benzene rings is 2. The molecule has 2 aliphatic heterocycles. The number of nitrogens with zero attached hydrogens (tertiary/aromatic N) is 1. The summed E-state index contributed by atoms with van der Waals surface area (Å²) in [6, 6.07) is 15.7. The Morgan fingerprint density at radius 3 is 2.56 bits per heavy atom. The van der Waals surface area contributed by atoms with Gasteiger partial charge in [-0.3, -0.25) is 14.9 Å². The first-order valence-electron chi connectivity index (χ1n) is 12.5. The molecule has 0 aliphatic carbocycles. The Kier molecular flexibility index (Phi) is 6.42. The van der Waals surface area contributed by atoms with Crippen molar-refractivity contribution < 1.29 is 9.59 Å². The van der Waals surface area contributed by atoms with Crippen molar-refractivity contribution in [3.8, 4) is 0 Å². The fourth-order valence-corrected chi connectivity index (χ4v) is 5.50. The van der Waals surface area contributed by atoms with E-state index in [4.69, 9.17) is 0 Å². The largest absolute Gasteiger partial charge is 0.361 e. The Bertz CT molecular complexity index is 1160. The fourth-order valence-electron chi connectivity index (χ4n) is 5.50. The number of amides is 2. The Morgan fingerprint density at radius 1 is 1.06 bits per heavy atom. The zero-order chi connectivity index (χ0) is 23.7. The van der Waals surface area contributed by atoms with Crippen LogP contribution in [0.25, 0.3) is 10.9 Å². The predicted molar refractivity (Wildman–Crippen MR) is 135 cm³/mol. The summed E-state index contributed by atoms with van der Waals surface area (Å²) in [5.41, 5.74) is 4.33. The van der Waals surface area contributed by atoms with Crippen LogP contribution in [0.2, 0.25) is 0 Å². The van der Waals surface area contributed by atoms with Gasteiger partial charge in [0, 0.05) is 47.8 Å². The van der Waals surface area contributed by atoms with Crippen LogP contribution in [0, 0.1) is 5.92 Å². The molecule has 0 spiro atoms. The predicted octanol–water partition coefficient (Wildman–Crippen LogP) is 4.19. The molecule has 1 saturated heterocycles. The molecule has 1 fully saturated rings. The van der Waals surface area contributed by atoms with Crippen LogP contribution in [0.4, 0.5) is 0 Å². The lowest BCUT2D eigenvalue weighted by atomic mass is 9.94. The normalized spacial score (nSPS) is 21.0. The molecule has 6 heteroatoms. The summed E-state index contributed by atoms with van der Waals surface area (Å²) >= 11 is 0. The zero-order valence-electron chi connectivity index (χ0n) is 20.0. The molecule has 0 unspecified atom stereocenters. The van der Waals surface area contributed by atoms with Gasteiger partial charge in [0.2, 0.25) is 5.91 Å². The van der Waals surface area contributed by atoms with Crippen LogP contribution >= 0.6 is 0 Å². The maximum Gasteiger partial charge on any atom is 0.251 e.